The summed E-state index contributed by atoms with van der Waals surface area (Å²) in [5.74, 6) is -0.645. The molecule has 1 unspecified atom stereocenters. The van der Waals surface area contributed by atoms with Crippen molar-refractivity contribution in [2.45, 2.75) is 23.2 Å². The van der Waals surface area contributed by atoms with E-state index in [4.69, 9.17) is 0 Å². The zero-order valence-corrected chi connectivity index (χ0v) is 19.4. The highest BCUT2D eigenvalue weighted by molar-refractivity contribution is 8.00. The fourth-order valence-corrected chi connectivity index (χ4v) is 4.29. The van der Waals surface area contributed by atoms with E-state index in [1.165, 1.54) is 23.9 Å². The summed E-state index contributed by atoms with van der Waals surface area (Å²) in [5, 5.41) is 6.86. The third kappa shape index (κ3) is 6.22. The van der Waals surface area contributed by atoms with Gasteiger partial charge in [-0.25, -0.2) is 0 Å². The number of thioether (sulfide) groups is 1. The highest BCUT2D eigenvalue weighted by Crippen LogP contribution is 2.31. The van der Waals surface area contributed by atoms with Crippen LogP contribution in [0.2, 0.25) is 0 Å². The molecule has 0 heterocycles. The van der Waals surface area contributed by atoms with Crippen LogP contribution in [-0.2, 0) is 11.0 Å². The lowest BCUT2D eigenvalue weighted by Gasteiger charge is -2.14. The molecule has 0 radical (unpaired) electrons. The van der Waals surface area contributed by atoms with E-state index in [0.717, 1.165) is 27.8 Å². The van der Waals surface area contributed by atoms with Crippen LogP contribution in [0.1, 0.15) is 22.8 Å². The third-order valence-corrected chi connectivity index (χ3v) is 6.38. The molecule has 4 rings (SSSR count). The van der Waals surface area contributed by atoms with Crippen LogP contribution >= 0.6 is 11.8 Å². The van der Waals surface area contributed by atoms with Crippen molar-refractivity contribution in [3.63, 3.8) is 0 Å². The predicted octanol–water partition coefficient (Wildman–Crippen LogP) is 7.23. The number of alkyl halides is 3. The van der Waals surface area contributed by atoms with E-state index in [9.17, 15) is 22.8 Å². The van der Waals surface area contributed by atoms with Crippen LogP contribution in [0.25, 0.3) is 10.8 Å². The smallest absolute Gasteiger partial charge is 0.325 e. The largest absolute Gasteiger partial charge is 0.416 e. The van der Waals surface area contributed by atoms with Gasteiger partial charge in [0.2, 0.25) is 5.91 Å². The summed E-state index contributed by atoms with van der Waals surface area (Å²) >= 11 is 1.26. The van der Waals surface area contributed by atoms with Gasteiger partial charge in [0.1, 0.15) is 0 Å². The van der Waals surface area contributed by atoms with Crippen LogP contribution in [0.5, 0.6) is 0 Å². The molecule has 1 atom stereocenters. The lowest BCUT2D eigenvalue weighted by molar-refractivity contribution is -0.137. The number of halogens is 3. The van der Waals surface area contributed by atoms with Crippen molar-refractivity contribution in [3.8, 4) is 0 Å². The first kappa shape index (κ1) is 24.3. The SMILES string of the molecule is CC(Sc1ccc(NC(=O)c2ccc3ccccc3c2)cc1)C(=O)Nc1cccc(C(F)(F)F)c1. The standard InChI is InChI=1S/C27H21F3N2O2S/c1-17(25(33)32-23-8-4-7-21(16-23)27(28,29)30)35-24-13-11-22(12-14-24)31-26(34)20-10-9-18-5-2-3-6-19(18)15-20/h2-17H,1H3,(H,31,34)(H,32,33). The van der Waals surface area contributed by atoms with Gasteiger partial charge in [-0.3, -0.25) is 9.59 Å². The Balaban J connectivity index is 1.35. The van der Waals surface area contributed by atoms with Crippen molar-refractivity contribution in [1.29, 1.82) is 0 Å². The highest BCUT2D eigenvalue weighted by atomic mass is 32.2. The van der Waals surface area contributed by atoms with Crippen LogP contribution < -0.4 is 10.6 Å². The number of hydrogen-bond acceptors (Lipinski definition) is 3. The number of rotatable bonds is 6. The maximum absolute atomic E-state index is 12.9. The minimum Gasteiger partial charge on any atom is -0.325 e. The maximum atomic E-state index is 12.9. The van der Waals surface area contributed by atoms with Gasteiger partial charge < -0.3 is 10.6 Å². The van der Waals surface area contributed by atoms with Gasteiger partial charge in [-0.1, -0.05) is 36.4 Å². The second-order valence-electron chi connectivity index (χ2n) is 7.87. The second-order valence-corrected chi connectivity index (χ2v) is 9.28. The summed E-state index contributed by atoms with van der Waals surface area (Å²) in [6, 6.07) is 24.8. The molecule has 0 aliphatic rings. The number of carbonyl (C=O) groups is 2. The molecule has 0 aliphatic carbocycles. The summed E-state index contributed by atoms with van der Waals surface area (Å²) < 4.78 is 38.6. The van der Waals surface area contributed by atoms with E-state index in [0.29, 0.717) is 11.3 Å². The number of hydrogen-bond donors (Lipinski definition) is 2. The number of carbonyl (C=O) groups excluding carboxylic acids is 2. The average molecular weight is 495 g/mol. The van der Waals surface area contributed by atoms with Crippen molar-refractivity contribution >= 4 is 45.7 Å². The molecule has 0 aromatic heterocycles. The van der Waals surface area contributed by atoms with E-state index in [2.05, 4.69) is 10.6 Å². The van der Waals surface area contributed by atoms with Gasteiger partial charge in [0.15, 0.2) is 0 Å². The summed E-state index contributed by atoms with van der Waals surface area (Å²) in [6.07, 6.45) is -4.48. The van der Waals surface area contributed by atoms with Crippen molar-refractivity contribution in [3.05, 3.63) is 102 Å². The molecule has 4 aromatic carbocycles. The molecule has 35 heavy (non-hydrogen) atoms. The Morgan fingerprint density at radius 3 is 2.20 bits per heavy atom. The van der Waals surface area contributed by atoms with Crippen LogP contribution in [-0.4, -0.2) is 17.1 Å². The Kier molecular flexibility index (Phi) is 7.12. The molecule has 0 saturated carbocycles. The third-order valence-electron chi connectivity index (χ3n) is 5.26. The van der Waals surface area contributed by atoms with Gasteiger partial charge in [-0.2, -0.15) is 13.2 Å². The van der Waals surface area contributed by atoms with Crippen molar-refractivity contribution in [1.82, 2.24) is 0 Å². The Labute approximate surface area is 204 Å². The number of benzene rings is 4. The molecule has 0 spiro atoms. The monoisotopic (exact) mass is 494 g/mol. The predicted molar refractivity (Wildman–Crippen MR) is 134 cm³/mol. The summed E-state index contributed by atoms with van der Waals surface area (Å²) in [5.41, 5.74) is 0.413. The Hall–Kier alpha value is -3.78. The molecule has 0 aliphatic heterocycles. The first-order valence-corrected chi connectivity index (χ1v) is 11.6. The van der Waals surface area contributed by atoms with Crippen LogP contribution in [0.3, 0.4) is 0 Å². The summed E-state index contributed by atoms with van der Waals surface area (Å²) in [4.78, 5) is 25.9. The molecule has 2 amide bonds. The molecule has 4 aromatic rings. The lowest BCUT2D eigenvalue weighted by Crippen LogP contribution is -2.22. The van der Waals surface area contributed by atoms with Gasteiger partial charge in [-0.05, 0) is 72.3 Å². The first-order valence-electron chi connectivity index (χ1n) is 10.7. The van der Waals surface area contributed by atoms with E-state index < -0.39 is 22.9 Å². The van der Waals surface area contributed by atoms with Crippen LogP contribution in [0.15, 0.2) is 95.9 Å². The molecule has 2 N–H and O–H groups in total. The van der Waals surface area contributed by atoms with Crippen molar-refractivity contribution in [2.75, 3.05) is 10.6 Å². The molecular weight excluding hydrogens is 473 g/mol. The quantitative estimate of drug-likeness (QED) is 0.278. The summed E-state index contributed by atoms with van der Waals surface area (Å²) in [7, 11) is 0. The first-order chi connectivity index (χ1) is 16.7. The zero-order chi connectivity index (χ0) is 25.0. The molecule has 0 bridgehead atoms. The number of fused-ring (bicyclic) bond motifs is 1. The van der Waals surface area contributed by atoms with Gasteiger partial charge in [-0.15, -0.1) is 11.8 Å². The molecule has 0 saturated heterocycles. The molecule has 178 valence electrons. The van der Waals surface area contributed by atoms with E-state index >= 15 is 0 Å². The Morgan fingerprint density at radius 2 is 1.49 bits per heavy atom. The normalized spacial score (nSPS) is 12.2. The molecule has 8 heteroatoms. The van der Waals surface area contributed by atoms with Gasteiger partial charge >= 0.3 is 6.18 Å². The maximum Gasteiger partial charge on any atom is 0.416 e. The van der Waals surface area contributed by atoms with Crippen molar-refractivity contribution < 1.29 is 22.8 Å². The Bertz CT molecular complexity index is 1370. The number of amides is 2. The van der Waals surface area contributed by atoms with E-state index in [1.807, 2.05) is 36.4 Å². The fraction of sp³-hybridized carbons (Fsp3) is 0.111. The van der Waals surface area contributed by atoms with E-state index in [1.54, 1.807) is 37.3 Å². The second kappa shape index (κ2) is 10.2. The van der Waals surface area contributed by atoms with Gasteiger partial charge in [0, 0.05) is 21.8 Å². The topological polar surface area (TPSA) is 58.2 Å². The van der Waals surface area contributed by atoms with Crippen LogP contribution in [0.4, 0.5) is 24.5 Å². The molecule has 0 fully saturated rings. The van der Waals surface area contributed by atoms with Crippen LogP contribution in [0, 0.1) is 0 Å². The molecule has 4 nitrogen and oxygen atoms in total. The Morgan fingerprint density at radius 1 is 0.771 bits per heavy atom. The molecular formula is C27H21F3N2O2S. The summed E-state index contributed by atoms with van der Waals surface area (Å²) in [6.45, 7) is 1.67. The lowest BCUT2D eigenvalue weighted by atomic mass is 10.1. The van der Waals surface area contributed by atoms with Gasteiger partial charge in [0.05, 0.1) is 10.8 Å². The fourth-order valence-electron chi connectivity index (χ4n) is 3.43. The minimum absolute atomic E-state index is 0.0871. The average Bonchev–Trinajstić information content (AvgIpc) is 2.84. The van der Waals surface area contributed by atoms with Crippen molar-refractivity contribution in [2.24, 2.45) is 0 Å². The van der Waals surface area contributed by atoms with E-state index in [-0.39, 0.29) is 11.6 Å². The number of nitrogens with one attached hydrogen (secondary N) is 2. The highest BCUT2D eigenvalue weighted by Gasteiger charge is 2.30. The van der Waals surface area contributed by atoms with Gasteiger partial charge in [0.25, 0.3) is 5.91 Å². The zero-order valence-electron chi connectivity index (χ0n) is 18.6. The number of anilines is 2. The minimum atomic E-state index is -4.48.